The number of hydrogen-bond acceptors (Lipinski definition) is 5. The molecule has 2 heterocycles. The van der Waals surface area contributed by atoms with Gasteiger partial charge in [0.25, 0.3) is 0 Å². The van der Waals surface area contributed by atoms with E-state index in [2.05, 4.69) is 26.8 Å². The standard InChI is InChI=1S/C23H33F3N4O3/c1-3-19-6-4-5-11-30(19)22(32)17(2)29-14-12-28(13-15-29)16-21(31)27-18-7-9-20(10-8-18)33-23(24,25)26/h7-10,17,19H,3-6,11-16H2,1-2H3,(H,27,31)/t17-,19-/m0/s1. The van der Waals surface area contributed by atoms with Crippen molar-refractivity contribution in [2.75, 3.05) is 44.6 Å². The summed E-state index contributed by atoms with van der Waals surface area (Å²) < 4.78 is 40.5. The van der Waals surface area contributed by atoms with Crippen molar-refractivity contribution in [1.29, 1.82) is 0 Å². The number of nitrogens with zero attached hydrogens (tertiary/aromatic N) is 3. The molecule has 0 spiro atoms. The molecule has 33 heavy (non-hydrogen) atoms. The van der Waals surface area contributed by atoms with E-state index in [4.69, 9.17) is 0 Å². The van der Waals surface area contributed by atoms with Gasteiger partial charge in [0.2, 0.25) is 11.8 Å². The van der Waals surface area contributed by atoms with Crippen LogP contribution in [0.25, 0.3) is 0 Å². The van der Waals surface area contributed by atoms with E-state index >= 15 is 0 Å². The molecular weight excluding hydrogens is 437 g/mol. The summed E-state index contributed by atoms with van der Waals surface area (Å²) in [6.07, 6.45) is -0.436. The number of piperazine rings is 1. The maximum absolute atomic E-state index is 13.1. The predicted octanol–water partition coefficient (Wildman–Crippen LogP) is 3.32. The van der Waals surface area contributed by atoms with Crippen LogP contribution in [0.5, 0.6) is 5.75 Å². The number of amides is 2. The molecule has 1 aromatic rings. The summed E-state index contributed by atoms with van der Waals surface area (Å²) in [7, 11) is 0. The summed E-state index contributed by atoms with van der Waals surface area (Å²) in [4.78, 5) is 31.7. The molecule has 2 saturated heterocycles. The number of hydrogen-bond donors (Lipinski definition) is 1. The Balaban J connectivity index is 1.43. The summed E-state index contributed by atoms with van der Waals surface area (Å²) in [5.41, 5.74) is 0.402. The number of carbonyl (C=O) groups excluding carboxylic acids is 2. The Labute approximate surface area is 192 Å². The molecule has 1 aromatic carbocycles. The van der Waals surface area contributed by atoms with Crippen LogP contribution in [0.15, 0.2) is 24.3 Å². The zero-order chi connectivity index (χ0) is 24.0. The van der Waals surface area contributed by atoms with Gasteiger partial charge >= 0.3 is 6.36 Å². The number of alkyl halides is 3. The molecule has 0 saturated carbocycles. The molecule has 184 valence electrons. The fourth-order valence-electron chi connectivity index (χ4n) is 4.56. The van der Waals surface area contributed by atoms with Gasteiger partial charge in [-0.05, 0) is 56.9 Å². The van der Waals surface area contributed by atoms with E-state index in [1.807, 2.05) is 11.8 Å². The van der Waals surface area contributed by atoms with Crippen molar-refractivity contribution in [2.45, 2.75) is 58.0 Å². The molecule has 2 aliphatic heterocycles. The minimum Gasteiger partial charge on any atom is -0.406 e. The summed E-state index contributed by atoms with van der Waals surface area (Å²) in [5.74, 6) is -0.378. The predicted molar refractivity (Wildman–Crippen MR) is 119 cm³/mol. The Kier molecular flexibility index (Phi) is 8.58. The first kappa shape index (κ1) is 25.3. The van der Waals surface area contributed by atoms with Gasteiger partial charge in [0, 0.05) is 44.5 Å². The highest BCUT2D eigenvalue weighted by atomic mass is 19.4. The minimum atomic E-state index is -4.75. The highest BCUT2D eigenvalue weighted by molar-refractivity contribution is 5.92. The van der Waals surface area contributed by atoms with Crippen LogP contribution in [0.1, 0.15) is 39.5 Å². The Bertz CT molecular complexity index is 795. The van der Waals surface area contributed by atoms with Crippen molar-refractivity contribution in [3.8, 4) is 5.75 Å². The Morgan fingerprint density at radius 1 is 1.09 bits per heavy atom. The minimum absolute atomic E-state index is 0.175. The van der Waals surface area contributed by atoms with Gasteiger partial charge in [-0.1, -0.05) is 6.92 Å². The van der Waals surface area contributed by atoms with Crippen LogP contribution in [-0.4, -0.2) is 84.2 Å². The van der Waals surface area contributed by atoms with E-state index in [1.54, 1.807) is 0 Å². The SMILES string of the molecule is CC[C@H]1CCCCN1C(=O)[C@H](C)N1CCN(CC(=O)Nc2ccc(OC(F)(F)F)cc2)CC1. The number of nitrogens with one attached hydrogen (secondary N) is 1. The summed E-state index contributed by atoms with van der Waals surface area (Å²) in [6, 6.07) is 5.22. The maximum Gasteiger partial charge on any atom is 0.573 e. The van der Waals surface area contributed by atoms with E-state index in [0.29, 0.717) is 37.9 Å². The van der Waals surface area contributed by atoms with Crippen LogP contribution in [0.3, 0.4) is 0 Å². The van der Waals surface area contributed by atoms with E-state index < -0.39 is 6.36 Å². The van der Waals surface area contributed by atoms with Crippen LogP contribution in [-0.2, 0) is 9.59 Å². The van der Waals surface area contributed by atoms with E-state index in [0.717, 1.165) is 37.9 Å². The third-order valence-electron chi connectivity index (χ3n) is 6.43. The van der Waals surface area contributed by atoms with Gasteiger partial charge in [0.15, 0.2) is 0 Å². The van der Waals surface area contributed by atoms with Gasteiger partial charge in [0.1, 0.15) is 5.75 Å². The van der Waals surface area contributed by atoms with Crippen molar-refractivity contribution >= 4 is 17.5 Å². The molecule has 2 amide bonds. The number of benzene rings is 1. The van der Waals surface area contributed by atoms with Crippen molar-refractivity contribution in [2.24, 2.45) is 0 Å². The second-order valence-electron chi connectivity index (χ2n) is 8.70. The number of rotatable bonds is 7. The lowest BCUT2D eigenvalue weighted by Gasteiger charge is -2.42. The number of likely N-dealkylation sites (tertiary alicyclic amines) is 1. The maximum atomic E-state index is 13.1. The lowest BCUT2D eigenvalue weighted by Crippen LogP contribution is -2.57. The highest BCUT2D eigenvalue weighted by Gasteiger charge is 2.33. The zero-order valence-corrected chi connectivity index (χ0v) is 19.2. The fourth-order valence-corrected chi connectivity index (χ4v) is 4.56. The number of ether oxygens (including phenoxy) is 1. The molecule has 1 N–H and O–H groups in total. The molecule has 0 aliphatic carbocycles. The first-order chi connectivity index (χ1) is 15.7. The molecule has 3 rings (SSSR count). The molecule has 2 fully saturated rings. The van der Waals surface area contributed by atoms with E-state index in [1.165, 1.54) is 18.6 Å². The molecule has 10 heteroatoms. The number of carbonyl (C=O) groups is 2. The van der Waals surface area contributed by atoms with Crippen LogP contribution >= 0.6 is 0 Å². The Morgan fingerprint density at radius 3 is 2.36 bits per heavy atom. The summed E-state index contributed by atoms with van der Waals surface area (Å²) in [6.45, 7) is 7.86. The third kappa shape index (κ3) is 7.33. The number of halogens is 3. The zero-order valence-electron chi connectivity index (χ0n) is 19.2. The van der Waals surface area contributed by atoms with Gasteiger partial charge in [-0.3, -0.25) is 19.4 Å². The van der Waals surface area contributed by atoms with E-state index in [9.17, 15) is 22.8 Å². The molecule has 0 bridgehead atoms. The topological polar surface area (TPSA) is 65.1 Å². The fraction of sp³-hybridized carbons (Fsp3) is 0.652. The van der Waals surface area contributed by atoms with Gasteiger partial charge in [-0.2, -0.15) is 0 Å². The van der Waals surface area contributed by atoms with Crippen LogP contribution in [0.4, 0.5) is 18.9 Å². The molecule has 0 radical (unpaired) electrons. The summed E-state index contributed by atoms with van der Waals surface area (Å²) >= 11 is 0. The van der Waals surface area contributed by atoms with Crippen molar-refractivity contribution in [3.63, 3.8) is 0 Å². The van der Waals surface area contributed by atoms with Crippen LogP contribution in [0.2, 0.25) is 0 Å². The smallest absolute Gasteiger partial charge is 0.406 e. The molecule has 0 aromatic heterocycles. The Hall–Kier alpha value is -2.33. The van der Waals surface area contributed by atoms with Crippen molar-refractivity contribution < 1.29 is 27.5 Å². The first-order valence-electron chi connectivity index (χ1n) is 11.6. The second kappa shape index (κ2) is 11.2. The Morgan fingerprint density at radius 2 is 1.76 bits per heavy atom. The normalized spacial score (nSPS) is 21.5. The first-order valence-corrected chi connectivity index (χ1v) is 11.6. The molecule has 2 atom stereocenters. The molecule has 0 unspecified atom stereocenters. The number of anilines is 1. The molecule has 2 aliphatic rings. The van der Waals surface area contributed by atoms with Gasteiger partial charge in [-0.25, -0.2) is 0 Å². The van der Waals surface area contributed by atoms with Crippen molar-refractivity contribution in [3.05, 3.63) is 24.3 Å². The van der Waals surface area contributed by atoms with Crippen LogP contribution in [0, 0.1) is 0 Å². The largest absolute Gasteiger partial charge is 0.573 e. The van der Waals surface area contributed by atoms with Gasteiger partial charge in [-0.15, -0.1) is 13.2 Å². The van der Waals surface area contributed by atoms with Gasteiger partial charge in [0.05, 0.1) is 12.6 Å². The monoisotopic (exact) mass is 470 g/mol. The van der Waals surface area contributed by atoms with Crippen LogP contribution < -0.4 is 10.1 Å². The lowest BCUT2D eigenvalue weighted by molar-refractivity contribution is -0.274. The summed E-state index contributed by atoms with van der Waals surface area (Å²) in [5, 5.41) is 2.69. The van der Waals surface area contributed by atoms with E-state index in [-0.39, 0.29) is 30.2 Å². The highest BCUT2D eigenvalue weighted by Crippen LogP contribution is 2.24. The van der Waals surface area contributed by atoms with Crippen molar-refractivity contribution in [1.82, 2.24) is 14.7 Å². The average molecular weight is 471 g/mol. The third-order valence-corrected chi connectivity index (χ3v) is 6.43. The quantitative estimate of drug-likeness (QED) is 0.663. The average Bonchev–Trinajstić information content (AvgIpc) is 2.79. The lowest BCUT2D eigenvalue weighted by atomic mass is 9.99. The number of piperidine rings is 1. The molecule has 7 nitrogen and oxygen atoms in total. The second-order valence-corrected chi connectivity index (χ2v) is 8.70. The van der Waals surface area contributed by atoms with Gasteiger partial charge < -0.3 is 15.0 Å². The molecular formula is C23H33F3N4O3.